The Morgan fingerprint density at radius 3 is 3.08 bits per heavy atom. The SMILES string of the molecule is CO/N=C1\CCN(C)c2oc(-c3cnc(-c4cccnc4)s3)nc21. The van der Waals surface area contributed by atoms with Crippen molar-refractivity contribution in [2.75, 3.05) is 25.6 Å². The van der Waals surface area contributed by atoms with Crippen molar-refractivity contribution < 1.29 is 9.25 Å². The molecule has 3 aromatic rings. The van der Waals surface area contributed by atoms with Gasteiger partial charge < -0.3 is 14.2 Å². The predicted molar refractivity (Wildman–Crippen MR) is 92.3 cm³/mol. The van der Waals surface area contributed by atoms with Crippen molar-refractivity contribution in [3.05, 3.63) is 36.4 Å². The Balaban J connectivity index is 1.73. The van der Waals surface area contributed by atoms with Crippen LogP contribution >= 0.6 is 11.3 Å². The number of thiazole rings is 1. The fourth-order valence-electron chi connectivity index (χ4n) is 2.55. The van der Waals surface area contributed by atoms with E-state index < -0.39 is 0 Å². The Kier molecular flexibility index (Phi) is 3.73. The van der Waals surface area contributed by atoms with E-state index in [4.69, 9.17) is 9.25 Å². The van der Waals surface area contributed by atoms with Crippen LogP contribution in [0.15, 0.2) is 40.3 Å². The quantitative estimate of drug-likeness (QED) is 0.682. The van der Waals surface area contributed by atoms with Crippen LogP contribution in [-0.2, 0) is 4.84 Å². The summed E-state index contributed by atoms with van der Waals surface area (Å²) in [5.41, 5.74) is 2.51. The molecule has 122 valence electrons. The van der Waals surface area contributed by atoms with E-state index in [1.54, 1.807) is 18.6 Å². The van der Waals surface area contributed by atoms with Gasteiger partial charge >= 0.3 is 0 Å². The highest BCUT2D eigenvalue weighted by Gasteiger charge is 2.28. The summed E-state index contributed by atoms with van der Waals surface area (Å²) < 4.78 is 5.96. The average Bonchev–Trinajstić information content (AvgIpc) is 3.25. The van der Waals surface area contributed by atoms with E-state index in [0.717, 1.165) is 39.8 Å². The molecule has 0 saturated carbocycles. The molecule has 0 fully saturated rings. The third-order valence-corrected chi connectivity index (χ3v) is 4.77. The van der Waals surface area contributed by atoms with Crippen LogP contribution in [0.1, 0.15) is 12.1 Å². The highest BCUT2D eigenvalue weighted by molar-refractivity contribution is 7.18. The Morgan fingerprint density at radius 1 is 1.38 bits per heavy atom. The van der Waals surface area contributed by atoms with E-state index in [-0.39, 0.29) is 0 Å². The number of pyridine rings is 1. The molecule has 7 nitrogen and oxygen atoms in total. The van der Waals surface area contributed by atoms with Crippen molar-refractivity contribution >= 4 is 22.9 Å². The Hall–Kier alpha value is -2.74. The van der Waals surface area contributed by atoms with E-state index in [1.807, 2.05) is 24.1 Å². The van der Waals surface area contributed by atoms with Gasteiger partial charge in [-0.1, -0.05) is 5.16 Å². The molecule has 0 bridgehead atoms. The topological polar surface area (TPSA) is 76.6 Å². The van der Waals surface area contributed by atoms with Gasteiger partial charge in [-0.15, -0.1) is 11.3 Å². The number of fused-ring (bicyclic) bond motifs is 1. The number of oxime groups is 1. The summed E-state index contributed by atoms with van der Waals surface area (Å²) >= 11 is 1.52. The highest BCUT2D eigenvalue weighted by atomic mass is 32.1. The summed E-state index contributed by atoms with van der Waals surface area (Å²) in [6.45, 7) is 0.813. The molecule has 0 unspecified atom stereocenters. The standard InChI is InChI=1S/C16H15N5O2S/c1-21-7-5-11(20-22-2)13-16(21)23-14(19-13)12-9-18-15(24-12)10-4-3-6-17-8-10/h3-4,6,8-9H,5,7H2,1-2H3/b20-11+. The lowest BCUT2D eigenvalue weighted by Gasteiger charge is -2.21. The molecular weight excluding hydrogens is 326 g/mol. The molecular formula is C16H15N5O2S. The minimum absolute atomic E-state index is 0.546. The van der Waals surface area contributed by atoms with Gasteiger partial charge in [-0.2, -0.15) is 0 Å². The zero-order chi connectivity index (χ0) is 16.5. The summed E-state index contributed by atoms with van der Waals surface area (Å²) in [6.07, 6.45) is 6.08. The lowest BCUT2D eigenvalue weighted by atomic mass is 10.1. The van der Waals surface area contributed by atoms with Gasteiger partial charge in [0, 0.05) is 38.0 Å². The Morgan fingerprint density at radius 2 is 2.29 bits per heavy atom. The summed E-state index contributed by atoms with van der Waals surface area (Å²) in [7, 11) is 3.51. The molecule has 0 saturated heterocycles. The molecule has 0 radical (unpaired) electrons. The van der Waals surface area contributed by atoms with Crippen molar-refractivity contribution in [3.8, 4) is 21.3 Å². The largest absolute Gasteiger partial charge is 0.419 e. The molecule has 3 aromatic heterocycles. The third-order valence-electron chi connectivity index (χ3n) is 3.74. The van der Waals surface area contributed by atoms with Crippen LogP contribution in [-0.4, -0.2) is 41.4 Å². The van der Waals surface area contributed by atoms with Gasteiger partial charge in [-0.3, -0.25) is 4.98 Å². The van der Waals surface area contributed by atoms with Gasteiger partial charge in [0.15, 0.2) is 5.69 Å². The lowest BCUT2D eigenvalue weighted by molar-refractivity contribution is 0.212. The molecule has 1 aliphatic rings. The fourth-order valence-corrected chi connectivity index (χ4v) is 3.38. The summed E-state index contributed by atoms with van der Waals surface area (Å²) in [4.78, 5) is 21.0. The second-order valence-corrected chi connectivity index (χ2v) is 6.37. The predicted octanol–water partition coefficient (Wildman–Crippen LogP) is 3.05. The second kappa shape index (κ2) is 6.04. The summed E-state index contributed by atoms with van der Waals surface area (Å²) in [6, 6.07) is 3.87. The maximum Gasteiger partial charge on any atom is 0.241 e. The van der Waals surface area contributed by atoms with E-state index in [9.17, 15) is 0 Å². The van der Waals surface area contributed by atoms with Crippen molar-refractivity contribution in [1.82, 2.24) is 15.0 Å². The van der Waals surface area contributed by atoms with Gasteiger partial charge in [-0.05, 0) is 12.1 Å². The van der Waals surface area contributed by atoms with Crippen LogP contribution in [0.5, 0.6) is 0 Å². The molecule has 0 spiro atoms. The first-order valence-electron chi connectivity index (χ1n) is 7.45. The van der Waals surface area contributed by atoms with Crippen LogP contribution in [0.25, 0.3) is 21.3 Å². The maximum absolute atomic E-state index is 5.96. The number of hydrogen-bond acceptors (Lipinski definition) is 8. The zero-order valence-corrected chi connectivity index (χ0v) is 14.1. The monoisotopic (exact) mass is 341 g/mol. The normalized spacial score (nSPS) is 15.6. The molecule has 0 aromatic carbocycles. The van der Waals surface area contributed by atoms with Crippen LogP contribution in [0.2, 0.25) is 0 Å². The summed E-state index contributed by atoms with van der Waals surface area (Å²) in [5, 5.41) is 4.95. The van der Waals surface area contributed by atoms with E-state index in [0.29, 0.717) is 11.8 Å². The Bertz CT molecular complexity index is 887. The zero-order valence-electron chi connectivity index (χ0n) is 13.3. The average molecular weight is 341 g/mol. The van der Waals surface area contributed by atoms with E-state index in [1.165, 1.54) is 18.4 Å². The number of rotatable bonds is 3. The van der Waals surface area contributed by atoms with E-state index >= 15 is 0 Å². The van der Waals surface area contributed by atoms with Crippen molar-refractivity contribution in [2.24, 2.45) is 5.16 Å². The minimum atomic E-state index is 0.546. The minimum Gasteiger partial charge on any atom is -0.419 e. The smallest absolute Gasteiger partial charge is 0.241 e. The molecule has 0 N–H and O–H groups in total. The van der Waals surface area contributed by atoms with Gasteiger partial charge in [-0.25, -0.2) is 9.97 Å². The molecule has 4 rings (SSSR count). The van der Waals surface area contributed by atoms with Crippen molar-refractivity contribution in [2.45, 2.75) is 6.42 Å². The molecule has 0 aliphatic carbocycles. The molecule has 0 atom stereocenters. The molecule has 24 heavy (non-hydrogen) atoms. The first kappa shape index (κ1) is 14.8. The van der Waals surface area contributed by atoms with Crippen molar-refractivity contribution in [3.63, 3.8) is 0 Å². The number of anilines is 1. The maximum atomic E-state index is 5.96. The molecule has 1 aliphatic heterocycles. The first-order chi connectivity index (χ1) is 11.8. The van der Waals surface area contributed by atoms with Crippen LogP contribution in [0.3, 0.4) is 0 Å². The molecule has 8 heteroatoms. The number of hydrogen-bond donors (Lipinski definition) is 0. The molecule has 4 heterocycles. The van der Waals surface area contributed by atoms with Crippen LogP contribution in [0, 0.1) is 0 Å². The third kappa shape index (κ3) is 2.54. The van der Waals surface area contributed by atoms with Gasteiger partial charge in [0.2, 0.25) is 11.8 Å². The lowest BCUT2D eigenvalue weighted by Crippen LogP contribution is -2.28. The van der Waals surface area contributed by atoms with Gasteiger partial charge in [0.1, 0.15) is 22.7 Å². The number of nitrogens with zero attached hydrogens (tertiary/aromatic N) is 5. The van der Waals surface area contributed by atoms with Crippen LogP contribution in [0.4, 0.5) is 5.88 Å². The van der Waals surface area contributed by atoms with Gasteiger partial charge in [0.25, 0.3) is 0 Å². The number of oxazole rings is 1. The number of aromatic nitrogens is 3. The molecule has 0 amide bonds. The second-order valence-electron chi connectivity index (χ2n) is 5.34. The fraction of sp³-hybridized carbons (Fsp3) is 0.250. The van der Waals surface area contributed by atoms with Crippen LogP contribution < -0.4 is 4.90 Å². The highest BCUT2D eigenvalue weighted by Crippen LogP contribution is 2.36. The Labute approximate surface area is 142 Å². The van der Waals surface area contributed by atoms with Crippen molar-refractivity contribution in [1.29, 1.82) is 0 Å². The summed E-state index contributed by atoms with van der Waals surface area (Å²) in [5.74, 6) is 1.26. The van der Waals surface area contributed by atoms with Gasteiger partial charge in [0.05, 0.1) is 6.20 Å². The first-order valence-corrected chi connectivity index (χ1v) is 8.27. The van der Waals surface area contributed by atoms with E-state index in [2.05, 4.69) is 20.1 Å².